The minimum atomic E-state index is -0.0517. The van der Waals surface area contributed by atoms with Crippen molar-refractivity contribution in [2.75, 3.05) is 13.1 Å². The van der Waals surface area contributed by atoms with Gasteiger partial charge in [-0.25, -0.2) is 0 Å². The lowest BCUT2D eigenvalue weighted by atomic mass is 10.1. The maximum absolute atomic E-state index is 7.10. The summed E-state index contributed by atoms with van der Waals surface area (Å²) in [4.78, 5) is 8.49. The maximum atomic E-state index is 7.10. The van der Waals surface area contributed by atoms with E-state index in [1.165, 1.54) is 0 Å². The van der Waals surface area contributed by atoms with E-state index in [0.717, 1.165) is 11.4 Å². The molecule has 0 fully saturated rings. The minimum absolute atomic E-state index is 0.0517. The summed E-state index contributed by atoms with van der Waals surface area (Å²) in [6.07, 6.45) is 3.65. The Balaban J connectivity index is 2.88. The van der Waals surface area contributed by atoms with Gasteiger partial charge in [0.15, 0.2) is 5.96 Å². The Kier molecular flexibility index (Phi) is 4.73. The normalized spacial score (nSPS) is 13.9. The van der Waals surface area contributed by atoms with E-state index in [1.807, 2.05) is 30.9 Å². The highest BCUT2D eigenvalue weighted by atomic mass is 15.2. The van der Waals surface area contributed by atoms with E-state index in [-0.39, 0.29) is 11.8 Å². The van der Waals surface area contributed by atoms with Crippen LogP contribution in [-0.4, -0.2) is 23.9 Å². The molecule has 0 aromatic carbocycles. The lowest BCUT2D eigenvalue weighted by molar-refractivity contribution is 0.426. The molecule has 1 aliphatic rings. The molecule has 0 unspecified atom stereocenters. The van der Waals surface area contributed by atoms with Crippen LogP contribution in [0.4, 0.5) is 0 Å². The quantitative estimate of drug-likeness (QED) is 0.408. The van der Waals surface area contributed by atoms with Crippen molar-refractivity contribution in [1.29, 1.82) is 5.41 Å². The Labute approximate surface area is 113 Å². The average molecular weight is 256 g/mol. The van der Waals surface area contributed by atoms with Gasteiger partial charge in [0.2, 0.25) is 0 Å². The summed E-state index contributed by atoms with van der Waals surface area (Å²) in [5.41, 5.74) is 7.80. The van der Waals surface area contributed by atoms with Crippen molar-refractivity contribution in [3.8, 4) is 0 Å². The summed E-state index contributed by atoms with van der Waals surface area (Å²) < 4.78 is 0. The molecule has 0 amide bonds. The highest BCUT2D eigenvalue weighted by molar-refractivity contribution is 5.74. The third-order valence-corrected chi connectivity index (χ3v) is 2.70. The molecule has 6 nitrogen and oxygen atoms in total. The standard InChI is InChI=1S/C13H16N6/c1-9-7-11(12(16-3)17-4)8-10(2)19(9)6-5-18-13(14)15/h7-8H,5-6H2,1-2H3,(H4,14,15,18). The molecule has 1 heterocycles. The first-order valence-corrected chi connectivity index (χ1v) is 5.70. The fourth-order valence-corrected chi connectivity index (χ4v) is 1.86. The molecule has 1 aliphatic heterocycles. The summed E-state index contributed by atoms with van der Waals surface area (Å²) in [5, 5.41) is 9.84. The monoisotopic (exact) mass is 256 g/mol. The number of rotatable bonds is 3. The zero-order valence-electron chi connectivity index (χ0n) is 11.0. The summed E-state index contributed by atoms with van der Waals surface area (Å²) >= 11 is 0. The summed E-state index contributed by atoms with van der Waals surface area (Å²) in [6.45, 7) is 19.0. The molecule has 1 rings (SSSR count). The van der Waals surface area contributed by atoms with Crippen molar-refractivity contribution in [3.05, 3.63) is 57.8 Å². The van der Waals surface area contributed by atoms with Crippen LogP contribution in [-0.2, 0) is 0 Å². The van der Waals surface area contributed by atoms with Gasteiger partial charge >= 0.3 is 5.82 Å². The third kappa shape index (κ3) is 3.62. The van der Waals surface area contributed by atoms with Gasteiger partial charge in [-0.2, -0.15) is 9.69 Å². The molecular formula is C13H16N6. The van der Waals surface area contributed by atoms with E-state index in [9.17, 15) is 0 Å². The predicted molar refractivity (Wildman–Crippen MR) is 74.4 cm³/mol. The highest BCUT2D eigenvalue weighted by Crippen LogP contribution is 2.25. The van der Waals surface area contributed by atoms with Gasteiger partial charge in [0.05, 0.1) is 5.57 Å². The molecule has 0 bridgehead atoms. The number of nitrogens with two attached hydrogens (primary N) is 1. The molecule has 19 heavy (non-hydrogen) atoms. The molecule has 0 aromatic rings. The van der Waals surface area contributed by atoms with Crippen molar-refractivity contribution in [1.82, 2.24) is 10.2 Å². The number of nitrogens with one attached hydrogen (secondary N) is 2. The van der Waals surface area contributed by atoms with E-state index < -0.39 is 0 Å². The van der Waals surface area contributed by atoms with Crippen molar-refractivity contribution in [2.24, 2.45) is 5.73 Å². The van der Waals surface area contributed by atoms with Gasteiger partial charge < -0.3 is 16.0 Å². The second-order valence-electron chi connectivity index (χ2n) is 4.07. The van der Waals surface area contributed by atoms with Gasteiger partial charge in [-0.3, -0.25) is 5.41 Å². The predicted octanol–water partition coefficient (Wildman–Crippen LogP) is 1.64. The Morgan fingerprint density at radius 3 is 2.26 bits per heavy atom. The lowest BCUT2D eigenvalue weighted by Gasteiger charge is -2.29. The van der Waals surface area contributed by atoms with Crippen LogP contribution < -0.4 is 11.1 Å². The molecule has 0 saturated heterocycles. The first-order valence-electron chi connectivity index (χ1n) is 5.70. The Bertz CT molecular complexity index is 515. The highest BCUT2D eigenvalue weighted by Gasteiger charge is 2.18. The van der Waals surface area contributed by atoms with Crippen molar-refractivity contribution in [2.45, 2.75) is 13.8 Å². The number of hydrogen-bond acceptors (Lipinski definition) is 2. The van der Waals surface area contributed by atoms with Gasteiger partial charge in [0.25, 0.3) is 0 Å². The van der Waals surface area contributed by atoms with Crippen LogP contribution in [0.15, 0.2) is 34.9 Å². The molecule has 0 saturated carbocycles. The van der Waals surface area contributed by atoms with Gasteiger partial charge in [0, 0.05) is 24.5 Å². The first kappa shape index (κ1) is 14.3. The van der Waals surface area contributed by atoms with Gasteiger partial charge in [0.1, 0.15) is 13.1 Å². The second-order valence-corrected chi connectivity index (χ2v) is 4.07. The van der Waals surface area contributed by atoms with Crippen LogP contribution in [0.25, 0.3) is 9.69 Å². The van der Waals surface area contributed by atoms with Crippen LogP contribution in [0.5, 0.6) is 0 Å². The van der Waals surface area contributed by atoms with Crippen molar-refractivity contribution < 1.29 is 0 Å². The lowest BCUT2D eigenvalue weighted by Crippen LogP contribution is -2.37. The maximum Gasteiger partial charge on any atom is 0.526 e. The van der Waals surface area contributed by atoms with E-state index >= 15 is 0 Å². The average Bonchev–Trinajstić information content (AvgIpc) is 2.34. The Hall–Kier alpha value is -2.73. The molecule has 4 N–H and O–H groups in total. The van der Waals surface area contributed by atoms with Crippen molar-refractivity contribution in [3.63, 3.8) is 0 Å². The van der Waals surface area contributed by atoms with Crippen LogP contribution in [0.2, 0.25) is 0 Å². The smallest absolute Gasteiger partial charge is 0.370 e. The van der Waals surface area contributed by atoms with Gasteiger partial charge in [-0.1, -0.05) is 0 Å². The zero-order valence-corrected chi connectivity index (χ0v) is 11.0. The molecule has 0 radical (unpaired) electrons. The summed E-state index contributed by atoms with van der Waals surface area (Å²) in [7, 11) is 0. The zero-order chi connectivity index (χ0) is 14.4. The summed E-state index contributed by atoms with van der Waals surface area (Å²) in [5.74, 6) is 0.0318. The number of guanidine groups is 1. The molecule has 0 aliphatic carbocycles. The van der Waals surface area contributed by atoms with Crippen LogP contribution in [0, 0.1) is 18.6 Å². The number of nitrogens with zero attached hydrogens (tertiary/aromatic N) is 3. The molecule has 0 aromatic heterocycles. The van der Waals surface area contributed by atoms with E-state index in [0.29, 0.717) is 18.7 Å². The number of allylic oxidation sites excluding steroid dienone is 5. The van der Waals surface area contributed by atoms with Crippen LogP contribution >= 0.6 is 0 Å². The second kappa shape index (κ2) is 6.27. The van der Waals surface area contributed by atoms with Crippen LogP contribution in [0.3, 0.4) is 0 Å². The largest absolute Gasteiger partial charge is 0.526 e. The van der Waals surface area contributed by atoms with E-state index in [1.54, 1.807) is 0 Å². The number of hydrogen-bond donors (Lipinski definition) is 3. The van der Waals surface area contributed by atoms with Gasteiger partial charge in [-0.05, 0) is 26.0 Å². The molecular weight excluding hydrogens is 240 g/mol. The molecule has 6 heteroatoms. The Morgan fingerprint density at radius 1 is 1.32 bits per heavy atom. The topological polar surface area (TPSA) is 73.9 Å². The SMILES string of the molecule is [C-]#[N+]C([N+]#[C-])=C1C=C(C)N(CCNC(=N)N)C(C)=C1. The van der Waals surface area contributed by atoms with Gasteiger partial charge in [-0.15, -0.1) is 0 Å². The van der Waals surface area contributed by atoms with Crippen molar-refractivity contribution >= 4 is 5.96 Å². The molecule has 0 spiro atoms. The fraction of sp³-hybridized carbons (Fsp3) is 0.308. The summed E-state index contributed by atoms with van der Waals surface area (Å²) in [6, 6.07) is 0. The molecule has 98 valence electrons. The van der Waals surface area contributed by atoms with Crippen LogP contribution in [0.1, 0.15) is 13.8 Å². The van der Waals surface area contributed by atoms with E-state index in [4.69, 9.17) is 24.3 Å². The Morgan fingerprint density at radius 2 is 1.84 bits per heavy atom. The minimum Gasteiger partial charge on any atom is -0.370 e. The molecule has 0 atom stereocenters. The fourth-order valence-electron chi connectivity index (χ4n) is 1.86. The van der Waals surface area contributed by atoms with E-state index in [2.05, 4.69) is 15.0 Å². The first-order chi connectivity index (χ1) is 8.99. The third-order valence-electron chi connectivity index (χ3n) is 2.70.